The van der Waals surface area contributed by atoms with E-state index in [2.05, 4.69) is 20.7 Å². The number of likely N-dealkylation sites (N-methyl/N-ethyl adjacent to an activating group) is 1. The van der Waals surface area contributed by atoms with Crippen molar-refractivity contribution in [3.63, 3.8) is 0 Å². The number of aromatic nitrogens is 3. The van der Waals surface area contributed by atoms with Gasteiger partial charge in [0.1, 0.15) is 12.8 Å². The van der Waals surface area contributed by atoms with Gasteiger partial charge < -0.3 is 25.7 Å². The number of carbonyl (C=O) groups excluding carboxylic acids is 2. The molecule has 158 valence electrons. The molecule has 0 unspecified atom stereocenters. The molecule has 1 aromatic carbocycles. The van der Waals surface area contributed by atoms with Crippen LogP contribution in [0.1, 0.15) is 10.5 Å². The predicted octanol–water partition coefficient (Wildman–Crippen LogP) is 1.70. The van der Waals surface area contributed by atoms with Crippen molar-refractivity contribution in [1.29, 1.82) is 0 Å². The minimum absolute atomic E-state index is 0.0436. The van der Waals surface area contributed by atoms with E-state index in [1.165, 1.54) is 0 Å². The number of nitrogen functional groups attached to an aromatic ring is 1. The molecule has 0 saturated heterocycles. The molecule has 0 aliphatic heterocycles. The van der Waals surface area contributed by atoms with E-state index < -0.39 is 5.91 Å². The highest BCUT2D eigenvalue weighted by Gasteiger charge is 2.14. The summed E-state index contributed by atoms with van der Waals surface area (Å²) in [6.07, 6.45) is 4.55. The van der Waals surface area contributed by atoms with Crippen LogP contribution in [0.5, 0.6) is 0 Å². The topological polar surface area (TPSA) is 131 Å². The third kappa shape index (κ3) is 5.58. The Kier molecular flexibility index (Phi) is 6.70. The zero-order chi connectivity index (χ0) is 21.7. The van der Waals surface area contributed by atoms with Gasteiger partial charge in [0, 0.05) is 24.8 Å². The molecule has 0 atom stereocenters. The van der Waals surface area contributed by atoms with Crippen molar-refractivity contribution in [2.24, 2.45) is 0 Å². The van der Waals surface area contributed by atoms with E-state index in [4.69, 9.17) is 21.8 Å². The predicted molar refractivity (Wildman–Crippen MR) is 113 cm³/mol. The summed E-state index contributed by atoms with van der Waals surface area (Å²) >= 11 is 6.20. The van der Waals surface area contributed by atoms with Crippen LogP contribution in [0.3, 0.4) is 0 Å². The van der Waals surface area contributed by atoms with E-state index in [0.29, 0.717) is 17.3 Å². The summed E-state index contributed by atoms with van der Waals surface area (Å²) in [5, 5.41) is 10.1. The summed E-state index contributed by atoms with van der Waals surface area (Å²) in [5.74, 6) is -0.623. The number of rotatable bonds is 8. The Balaban J connectivity index is 1.67. The van der Waals surface area contributed by atoms with E-state index in [0.717, 1.165) is 23.9 Å². The first-order chi connectivity index (χ1) is 14.3. The number of hydrogen-bond acceptors (Lipinski definition) is 7. The first-order valence-electron chi connectivity index (χ1n) is 9.08. The van der Waals surface area contributed by atoms with E-state index in [-0.39, 0.29) is 24.2 Å². The van der Waals surface area contributed by atoms with Crippen molar-refractivity contribution in [1.82, 2.24) is 25.0 Å². The number of oxazole rings is 1. The maximum atomic E-state index is 12.3. The van der Waals surface area contributed by atoms with Gasteiger partial charge in [-0.05, 0) is 31.8 Å². The first-order valence-corrected chi connectivity index (χ1v) is 9.46. The van der Waals surface area contributed by atoms with Gasteiger partial charge in [0.25, 0.3) is 11.9 Å². The molecule has 0 spiro atoms. The van der Waals surface area contributed by atoms with Gasteiger partial charge in [0.2, 0.25) is 5.91 Å². The van der Waals surface area contributed by atoms with Crippen molar-refractivity contribution < 1.29 is 14.0 Å². The standard InChI is InChI=1S/C19H22ClN7O3/c1-26(2)6-5-22-17(28)10-27-9-13(8-23-27)12-3-4-14(20)15(7-12)24-18(29)16-11-30-19(21)25-16/h3-4,7-9,11H,5-6,10H2,1-2H3,(H2,21,25)(H,22,28)(H,24,29). The van der Waals surface area contributed by atoms with Gasteiger partial charge in [0.05, 0.1) is 16.9 Å². The molecule has 0 radical (unpaired) electrons. The quantitative estimate of drug-likeness (QED) is 0.494. The maximum Gasteiger partial charge on any atom is 0.292 e. The van der Waals surface area contributed by atoms with Gasteiger partial charge >= 0.3 is 0 Å². The van der Waals surface area contributed by atoms with Crippen molar-refractivity contribution in [3.05, 3.63) is 47.6 Å². The van der Waals surface area contributed by atoms with Crippen molar-refractivity contribution in [2.75, 3.05) is 38.2 Å². The SMILES string of the molecule is CN(C)CCNC(=O)Cn1cc(-c2ccc(Cl)c(NC(=O)c3coc(N)n3)c2)cn1. The van der Waals surface area contributed by atoms with Crippen LogP contribution in [-0.4, -0.2) is 58.7 Å². The molecule has 4 N–H and O–H groups in total. The summed E-state index contributed by atoms with van der Waals surface area (Å²) < 4.78 is 6.39. The van der Waals surface area contributed by atoms with E-state index >= 15 is 0 Å². The second kappa shape index (κ2) is 9.42. The van der Waals surface area contributed by atoms with Gasteiger partial charge in [-0.2, -0.15) is 10.1 Å². The lowest BCUT2D eigenvalue weighted by Gasteiger charge is -2.10. The monoisotopic (exact) mass is 431 g/mol. The van der Waals surface area contributed by atoms with Crippen LogP contribution < -0.4 is 16.4 Å². The Morgan fingerprint density at radius 2 is 2.10 bits per heavy atom. The number of amides is 2. The molecule has 0 bridgehead atoms. The van der Waals surface area contributed by atoms with Crippen molar-refractivity contribution >= 4 is 35.1 Å². The maximum absolute atomic E-state index is 12.3. The molecular weight excluding hydrogens is 410 g/mol. The largest absolute Gasteiger partial charge is 0.431 e. The molecule has 0 fully saturated rings. The molecular formula is C19H22ClN7O3. The van der Waals surface area contributed by atoms with Crippen LogP contribution in [0.4, 0.5) is 11.7 Å². The summed E-state index contributed by atoms with van der Waals surface area (Å²) in [7, 11) is 3.88. The van der Waals surface area contributed by atoms with Gasteiger partial charge in [-0.15, -0.1) is 0 Å². The van der Waals surface area contributed by atoms with Crippen LogP contribution in [0, 0.1) is 0 Å². The number of halogens is 1. The van der Waals surface area contributed by atoms with Crippen LogP contribution in [0.15, 0.2) is 41.3 Å². The molecule has 0 aliphatic rings. The number of benzene rings is 1. The lowest BCUT2D eigenvalue weighted by atomic mass is 10.1. The van der Waals surface area contributed by atoms with Crippen LogP contribution in [-0.2, 0) is 11.3 Å². The van der Waals surface area contributed by atoms with Crippen molar-refractivity contribution in [2.45, 2.75) is 6.54 Å². The average Bonchev–Trinajstić information content (AvgIpc) is 3.32. The minimum atomic E-state index is -0.500. The highest BCUT2D eigenvalue weighted by Crippen LogP contribution is 2.29. The zero-order valence-electron chi connectivity index (χ0n) is 16.6. The molecule has 0 saturated carbocycles. The fraction of sp³-hybridized carbons (Fsp3) is 0.263. The lowest BCUT2D eigenvalue weighted by molar-refractivity contribution is -0.121. The molecule has 3 aromatic rings. The van der Waals surface area contributed by atoms with E-state index in [9.17, 15) is 9.59 Å². The average molecular weight is 432 g/mol. The Morgan fingerprint density at radius 1 is 1.30 bits per heavy atom. The smallest absolute Gasteiger partial charge is 0.292 e. The Labute approximate surface area is 178 Å². The molecule has 2 amide bonds. The van der Waals surface area contributed by atoms with Gasteiger partial charge in [-0.25, -0.2) is 0 Å². The molecule has 2 aromatic heterocycles. The number of nitrogens with one attached hydrogen (secondary N) is 2. The highest BCUT2D eigenvalue weighted by atomic mass is 35.5. The van der Waals surface area contributed by atoms with Crippen LogP contribution in [0.2, 0.25) is 5.02 Å². The molecule has 10 nitrogen and oxygen atoms in total. The second-order valence-corrected chi connectivity index (χ2v) is 7.21. The molecule has 2 heterocycles. The van der Waals surface area contributed by atoms with E-state index in [1.54, 1.807) is 35.3 Å². The second-order valence-electron chi connectivity index (χ2n) is 6.80. The Hall–Kier alpha value is -3.37. The normalized spacial score (nSPS) is 10.9. The fourth-order valence-corrected chi connectivity index (χ4v) is 2.76. The number of nitrogens with zero attached hydrogens (tertiary/aromatic N) is 4. The van der Waals surface area contributed by atoms with Gasteiger partial charge in [-0.3, -0.25) is 14.3 Å². The van der Waals surface area contributed by atoms with Crippen LogP contribution >= 0.6 is 11.6 Å². The summed E-state index contributed by atoms with van der Waals surface area (Å²) in [4.78, 5) is 30.1. The van der Waals surface area contributed by atoms with E-state index in [1.807, 2.05) is 19.0 Å². The number of nitrogens with two attached hydrogens (primary N) is 1. The number of anilines is 2. The third-order valence-corrected chi connectivity index (χ3v) is 4.45. The molecule has 0 aliphatic carbocycles. The Bertz CT molecular complexity index is 1040. The van der Waals surface area contributed by atoms with Crippen LogP contribution in [0.25, 0.3) is 11.1 Å². The number of hydrogen-bond donors (Lipinski definition) is 3. The zero-order valence-corrected chi connectivity index (χ0v) is 17.3. The third-order valence-electron chi connectivity index (χ3n) is 4.12. The summed E-state index contributed by atoms with van der Waals surface area (Å²) in [6, 6.07) is 5.07. The highest BCUT2D eigenvalue weighted by molar-refractivity contribution is 6.34. The summed E-state index contributed by atoms with van der Waals surface area (Å²) in [5.41, 5.74) is 7.38. The molecule has 3 rings (SSSR count). The first kappa shape index (κ1) is 21.3. The number of carbonyl (C=O) groups is 2. The minimum Gasteiger partial charge on any atom is -0.431 e. The fourth-order valence-electron chi connectivity index (χ4n) is 2.60. The molecule has 11 heteroatoms. The lowest BCUT2D eigenvalue weighted by Crippen LogP contribution is -2.33. The summed E-state index contributed by atoms with van der Waals surface area (Å²) in [6.45, 7) is 1.44. The Morgan fingerprint density at radius 3 is 2.80 bits per heavy atom. The molecule has 30 heavy (non-hydrogen) atoms. The van der Waals surface area contributed by atoms with Gasteiger partial charge in [-0.1, -0.05) is 17.7 Å². The van der Waals surface area contributed by atoms with Gasteiger partial charge in [0.15, 0.2) is 5.69 Å². The van der Waals surface area contributed by atoms with Crippen molar-refractivity contribution in [3.8, 4) is 11.1 Å².